The molecule has 0 aliphatic rings. The van der Waals surface area contributed by atoms with E-state index in [9.17, 15) is 0 Å². The molecule has 0 atom stereocenters. The van der Waals surface area contributed by atoms with E-state index < -0.39 is 0 Å². The first-order valence-corrected chi connectivity index (χ1v) is 8.20. The quantitative estimate of drug-likeness (QED) is 0.335. The van der Waals surface area contributed by atoms with Crippen molar-refractivity contribution in [3.63, 3.8) is 0 Å². The maximum Gasteiger partial charge on any atom is 0.0181 e. The maximum absolute atomic E-state index is 3.61. The van der Waals surface area contributed by atoms with Crippen LogP contribution in [0.3, 0.4) is 0 Å². The molecule has 4 aromatic carbocycles. The van der Waals surface area contributed by atoms with Crippen molar-refractivity contribution in [2.24, 2.45) is 0 Å². The summed E-state index contributed by atoms with van der Waals surface area (Å²) in [6, 6.07) is 26.2. The Morgan fingerprint density at radius 3 is 2.23 bits per heavy atom. The predicted molar refractivity (Wildman–Crippen MR) is 99.3 cm³/mol. The SMILES string of the molecule is Cc1ccc(-c2c3ccccc3cc3ccc(Br)cc23)cc1. The Hall–Kier alpha value is -2.12. The monoisotopic (exact) mass is 346 g/mol. The van der Waals surface area contributed by atoms with E-state index in [0.29, 0.717) is 0 Å². The van der Waals surface area contributed by atoms with Gasteiger partial charge in [-0.2, -0.15) is 0 Å². The molecular formula is C21H15Br. The molecule has 0 saturated heterocycles. The summed E-state index contributed by atoms with van der Waals surface area (Å²) in [5.74, 6) is 0. The fourth-order valence-electron chi connectivity index (χ4n) is 3.07. The Balaban J connectivity index is 2.19. The third-order valence-corrected chi connectivity index (χ3v) is 4.66. The van der Waals surface area contributed by atoms with Gasteiger partial charge in [0.25, 0.3) is 0 Å². The van der Waals surface area contributed by atoms with Gasteiger partial charge in [0.2, 0.25) is 0 Å². The molecule has 0 bridgehead atoms. The number of fused-ring (bicyclic) bond motifs is 2. The Morgan fingerprint density at radius 1 is 0.682 bits per heavy atom. The van der Waals surface area contributed by atoms with Gasteiger partial charge in [0.1, 0.15) is 0 Å². The summed E-state index contributed by atoms with van der Waals surface area (Å²) < 4.78 is 1.11. The summed E-state index contributed by atoms with van der Waals surface area (Å²) in [6.45, 7) is 2.13. The van der Waals surface area contributed by atoms with Crippen molar-refractivity contribution in [2.75, 3.05) is 0 Å². The summed E-state index contributed by atoms with van der Waals surface area (Å²) >= 11 is 3.61. The van der Waals surface area contributed by atoms with Crippen LogP contribution >= 0.6 is 15.9 Å². The van der Waals surface area contributed by atoms with Crippen LogP contribution in [0.4, 0.5) is 0 Å². The molecule has 0 amide bonds. The van der Waals surface area contributed by atoms with E-state index >= 15 is 0 Å². The number of hydrogen-bond acceptors (Lipinski definition) is 0. The van der Waals surface area contributed by atoms with Crippen molar-refractivity contribution in [1.29, 1.82) is 0 Å². The number of rotatable bonds is 1. The Morgan fingerprint density at radius 2 is 1.41 bits per heavy atom. The summed E-state index contributed by atoms with van der Waals surface area (Å²) in [5, 5.41) is 5.15. The van der Waals surface area contributed by atoms with E-state index in [4.69, 9.17) is 0 Å². The fraction of sp³-hybridized carbons (Fsp3) is 0.0476. The molecule has 0 unspecified atom stereocenters. The maximum atomic E-state index is 3.61. The topological polar surface area (TPSA) is 0 Å². The highest BCUT2D eigenvalue weighted by Gasteiger charge is 2.10. The van der Waals surface area contributed by atoms with Crippen LogP contribution in [-0.4, -0.2) is 0 Å². The number of aryl methyl sites for hydroxylation is 1. The van der Waals surface area contributed by atoms with Crippen LogP contribution in [0.2, 0.25) is 0 Å². The summed E-state index contributed by atoms with van der Waals surface area (Å²) in [7, 11) is 0. The number of hydrogen-bond donors (Lipinski definition) is 0. The number of halogens is 1. The van der Waals surface area contributed by atoms with E-state index in [2.05, 4.69) is 95.7 Å². The smallest absolute Gasteiger partial charge is 0.0181 e. The van der Waals surface area contributed by atoms with Gasteiger partial charge in [0.05, 0.1) is 0 Å². The molecule has 0 radical (unpaired) electrons. The van der Waals surface area contributed by atoms with Crippen LogP contribution < -0.4 is 0 Å². The van der Waals surface area contributed by atoms with Crippen molar-refractivity contribution < 1.29 is 0 Å². The molecule has 0 aliphatic carbocycles. The standard InChI is InChI=1S/C21H15Br/c1-14-6-8-15(9-7-14)21-19-5-3-2-4-16(19)12-17-10-11-18(22)13-20(17)21/h2-13H,1H3. The van der Waals surface area contributed by atoms with Crippen LogP contribution in [0.1, 0.15) is 5.56 Å². The fourth-order valence-corrected chi connectivity index (χ4v) is 3.43. The highest BCUT2D eigenvalue weighted by atomic mass is 79.9. The van der Waals surface area contributed by atoms with Crippen molar-refractivity contribution in [3.05, 3.63) is 82.8 Å². The minimum absolute atomic E-state index is 1.11. The highest BCUT2D eigenvalue weighted by molar-refractivity contribution is 9.10. The van der Waals surface area contributed by atoms with Gasteiger partial charge >= 0.3 is 0 Å². The Kier molecular flexibility index (Phi) is 3.24. The molecule has 0 spiro atoms. The molecule has 106 valence electrons. The van der Waals surface area contributed by atoms with Gasteiger partial charge in [0, 0.05) is 4.47 Å². The second-order valence-corrected chi connectivity index (χ2v) is 6.62. The molecule has 22 heavy (non-hydrogen) atoms. The van der Waals surface area contributed by atoms with Crippen molar-refractivity contribution in [1.82, 2.24) is 0 Å². The summed E-state index contributed by atoms with van der Waals surface area (Å²) in [4.78, 5) is 0. The van der Waals surface area contributed by atoms with Gasteiger partial charge in [-0.05, 0) is 57.8 Å². The Bertz CT molecular complexity index is 982. The lowest BCUT2D eigenvalue weighted by Gasteiger charge is -2.12. The molecule has 0 heterocycles. The van der Waals surface area contributed by atoms with E-state index in [1.165, 1.54) is 38.2 Å². The third-order valence-electron chi connectivity index (χ3n) is 4.17. The largest absolute Gasteiger partial charge is 0.0616 e. The molecule has 1 heteroatoms. The van der Waals surface area contributed by atoms with Gasteiger partial charge in [0.15, 0.2) is 0 Å². The van der Waals surface area contributed by atoms with E-state index in [0.717, 1.165) is 4.47 Å². The average molecular weight is 347 g/mol. The Labute approximate surface area is 138 Å². The van der Waals surface area contributed by atoms with E-state index in [1.807, 2.05) is 0 Å². The van der Waals surface area contributed by atoms with E-state index in [1.54, 1.807) is 0 Å². The third kappa shape index (κ3) is 2.22. The second kappa shape index (κ2) is 5.26. The molecule has 0 fully saturated rings. The lowest BCUT2D eigenvalue weighted by Crippen LogP contribution is -1.86. The first-order chi connectivity index (χ1) is 10.7. The first-order valence-electron chi connectivity index (χ1n) is 7.40. The van der Waals surface area contributed by atoms with Crippen molar-refractivity contribution >= 4 is 37.5 Å². The van der Waals surface area contributed by atoms with Crippen LogP contribution in [0.15, 0.2) is 77.3 Å². The van der Waals surface area contributed by atoms with Crippen LogP contribution in [-0.2, 0) is 0 Å². The van der Waals surface area contributed by atoms with Gasteiger partial charge < -0.3 is 0 Å². The zero-order chi connectivity index (χ0) is 15.1. The van der Waals surface area contributed by atoms with E-state index in [-0.39, 0.29) is 0 Å². The van der Waals surface area contributed by atoms with Gasteiger partial charge in [-0.15, -0.1) is 0 Å². The van der Waals surface area contributed by atoms with Crippen LogP contribution in [0, 0.1) is 6.92 Å². The second-order valence-electron chi connectivity index (χ2n) is 5.70. The van der Waals surface area contributed by atoms with Gasteiger partial charge in [-0.1, -0.05) is 76.1 Å². The normalized spacial score (nSPS) is 11.2. The van der Waals surface area contributed by atoms with Crippen LogP contribution in [0.5, 0.6) is 0 Å². The molecule has 4 rings (SSSR count). The lowest BCUT2D eigenvalue weighted by molar-refractivity contribution is 1.47. The lowest BCUT2D eigenvalue weighted by atomic mass is 9.92. The summed E-state index contributed by atoms with van der Waals surface area (Å²) in [6.07, 6.45) is 0. The molecule has 0 saturated carbocycles. The zero-order valence-corrected chi connectivity index (χ0v) is 13.9. The molecule has 0 aliphatic heterocycles. The summed E-state index contributed by atoms with van der Waals surface area (Å²) in [5.41, 5.74) is 3.87. The molecule has 0 nitrogen and oxygen atoms in total. The van der Waals surface area contributed by atoms with Gasteiger partial charge in [-0.3, -0.25) is 0 Å². The minimum Gasteiger partial charge on any atom is -0.0616 e. The molecule has 0 N–H and O–H groups in total. The minimum atomic E-state index is 1.11. The van der Waals surface area contributed by atoms with Crippen LogP contribution in [0.25, 0.3) is 32.7 Å². The molecule has 4 aromatic rings. The average Bonchev–Trinajstić information content (AvgIpc) is 2.54. The molecule has 0 aromatic heterocycles. The molecular weight excluding hydrogens is 332 g/mol. The van der Waals surface area contributed by atoms with Crippen molar-refractivity contribution in [2.45, 2.75) is 6.92 Å². The first kappa shape index (κ1) is 13.5. The highest BCUT2D eigenvalue weighted by Crippen LogP contribution is 2.37. The van der Waals surface area contributed by atoms with Gasteiger partial charge in [-0.25, -0.2) is 0 Å². The van der Waals surface area contributed by atoms with Crippen molar-refractivity contribution in [3.8, 4) is 11.1 Å². The zero-order valence-electron chi connectivity index (χ0n) is 12.3. The predicted octanol–water partition coefficient (Wildman–Crippen LogP) is 6.73. The number of benzene rings is 4.